The monoisotopic (exact) mass is 220 g/mol. The number of benzene rings is 1. The van der Waals surface area contributed by atoms with Gasteiger partial charge in [-0.2, -0.15) is 0 Å². The number of Topliss-reactive ketones (excluding diaryl/α,β-unsaturated/α-hetero) is 1. The SMILES string of the molecule is CCN(c1ccc(N)c(C(C)=O)c1)C(C)C. The minimum Gasteiger partial charge on any atom is -0.398 e. The zero-order valence-corrected chi connectivity index (χ0v) is 10.4. The van der Waals surface area contributed by atoms with E-state index in [1.165, 1.54) is 0 Å². The normalized spacial score (nSPS) is 10.6. The molecule has 88 valence electrons. The van der Waals surface area contributed by atoms with Crippen LogP contribution in [0.15, 0.2) is 18.2 Å². The van der Waals surface area contributed by atoms with E-state index in [1.807, 2.05) is 12.1 Å². The summed E-state index contributed by atoms with van der Waals surface area (Å²) in [6, 6.07) is 6.05. The minimum absolute atomic E-state index is 0.0131. The molecule has 3 nitrogen and oxygen atoms in total. The number of nitrogens with zero attached hydrogens (tertiary/aromatic N) is 1. The third-order valence-electron chi connectivity index (χ3n) is 2.71. The molecule has 0 radical (unpaired) electrons. The number of nitrogens with two attached hydrogens (primary N) is 1. The van der Waals surface area contributed by atoms with E-state index in [1.54, 1.807) is 13.0 Å². The molecule has 0 aliphatic heterocycles. The molecule has 0 amide bonds. The van der Waals surface area contributed by atoms with Crippen LogP contribution >= 0.6 is 0 Å². The molecule has 0 saturated heterocycles. The lowest BCUT2D eigenvalue weighted by Crippen LogP contribution is -2.30. The molecule has 2 N–H and O–H groups in total. The molecule has 0 aliphatic rings. The van der Waals surface area contributed by atoms with Crippen LogP contribution < -0.4 is 10.6 Å². The molecule has 0 atom stereocenters. The molecule has 1 aromatic carbocycles. The van der Waals surface area contributed by atoms with Crippen molar-refractivity contribution in [3.05, 3.63) is 23.8 Å². The van der Waals surface area contributed by atoms with Gasteiger partial charge in [-0.1, -0.05) is 0 Å². The summed E-state index contributed by atoms with van der Waals surface area (Å²) in [5.41, 5.74) is 7.98. The Morgan fingerprint density at radius 1 is 1.44 bits per heavy atom. The summed E-state index contributed by atoms with van der Waals surface area (Å²) < 4.78 is 0. The van der Waals surface area contributed by atoms with Gasteiger partial charge in [-0.15, -0.1) is 0 Å². The second-order valence-corrected chi connectivity index (χ2v) is 4.21. The van der Waals surface area contributed by atoms with E-state index in [4.69, 9.17) is 5.73 Å². The third kappa shape index (κ3) is 2.54. The largest absolute Gasteiger partial charge is 0.398 e. The number of carbonyl (C=O) groups excluding carboxylic acids is 1. The minimum atomic E-state index is 0.0131. The Morgan fingerprint density at radius 3 is 2.50 bits per heavy atom. The second-order valence-electron chi connectivity index (χ2n) is 4.21. The Hall–Kier alpha value is -1.51. The van der Waals surface area contributed by atoms with Crippen LogP contribution in [0.4, 0.5) is 11.4 Å². The van der Waals surface area contributed by atoms with Crippen LogP contribution in [-0.2, 0) is 0 Å². The lowest BCUT2D eigenvalue weighted by atomic mass is 10.1. The molecule has 0 bridgehead atoms. The second kappa shape index (κ2) is 5.01. The first-order valence-corrected chi connectivity index (χ1v) is 5.64. The summed E-state index contributed by atoms with van der Waals surface area (Å²) in [5, 5.41) is 0. The van der Waals surface area contributed by atoms with Crippen molar-refractivity contribution >= 4 is 17.2 Å². The Labute approximate surface area is 97.2 Å². The highest BCUT2D eigenvalue weighted by Gasteiger charge is 2.11. The Kier molecular flexibility index (Phi) is 3.93. The number of anilines is 2. The summed E-state index contributed by atoms with van der Waals surface area (Å²) in [4.78, 5) is 13.6. The van der Waals surface area contributed by atoms with Gasteiger partial charge in [0, 0.05) is 29.5 Å². The van der Waals surface area contributed by atoms with E-state index in [-0.39, 0.29) is 5.78 Å². The van der Waals surface area contributed by atoms with Crippen molar-refractivity contribution in [2.24, 2.45) is 0 Å². The van der Waals surface area contributed by atoms with Crippen LogP contribution in [0.3, 0.4) is 0 Å². The fourth-order valence-corrected chi connectivity index (χ4v) is 1.87. The molecule has 3 heteroatoms. The zero-order valence-electron chi connectivity index (χ0n) is 10.4. The van der Waals surface area contributed by atoms with Crippen molar-refractivity contribution < 1.29 is 4.79 Å². The predicted octanol–water partition coefficient (Wildman–Crippen LogP) is 2.71. The number of ketones is 1. The van der Waals surface area contributed by atoms with Crippen molar-refractivity contribution in [1.29, 1.82) is 0 Å². The summed E-state index contributed by atoms with van der Waals surface area (Å²) >= 11 is 0. The van der Waals surface area contributed by atoms with Crippen LogP contribution in [0.2, 0.25) is 0 Å². The molecule has 0 saturated carbocycles. The van der Waals surface area contributed by atoms with Crippen molar-refractivity contribution in [3.63, 3.8) is 0 Å². The van der Waals surface area contributed by atoms with E-state index in [0.717, 1.165) is 12.2 Å². The van der Waals surface area contributed by atoms with Gasteiger partial charge < -0.3 is 10.6 Å². The Morgan fingerprint density at radius 2 is 2.06 bits per heavy atom. The molecule has 1 aromatic rings. The van der Waals surface area contributed by atoms with Crippen LogP contribution in [0.25, 0.3) is 0 Å². The predicted molar refractivity (Wildman–Crippen MR) is 69.0 cm³/mol. The molecule has 0 aliphatic carbocycles. The van der Waals surface area contributed by atoms with Crippen molar-refractivity contribution in [1.82, 2.24) is 0 Å². The first-order chi connectivity index (χ1) is 7.47. The number of carbonyl (C=O) groups is 1. The molecule has 0 unspecified atom stereocenters. The maximum Gasteiger partial charge on any atom is 0.161 e. The van der Waals surface area contributed by atoms with Gasteiger partial charge in [0.05, 0.1) is 0 Å². The Balaban J connectivity index is 3.15. The van der Waals surface area contributed by atoms with Gasteiger partial charge in [-0.25, -0.2) is 0 Å². The lowest BCUT2D eigenvalue weighted by Gasteiger charge is -2.28. The summed E-state index contributed by atoms with van der Waals surface area (Å²) in [7, 11) is 0. The molecule has 0 spiro atoms. The van der Waals surface area contributed by atoms with Crippen LogP contribution in [-0.4, -0.2) is 18.4 Å². The van der Waals surface area contributed by atoms with Gasteiger partial charge >= 0.3 is 0 Å². The highest BCUT2D eigenvalue weighted by molar-refractivity contribution is 6.00. The number of hydrogen-bond acceptors (Lipinski definition) is 3. The first kappa shape index (κ1) is 12.6. The molecule has 1 rings (SSSR count). The van der Waals surface area contributed by atoms with Crippen molar-refractivity contribution in [2.45, 2.75) is 33.7 Å². The average Bonchev–Trinajstić information content (AvgIpc) is 2.20. The topological polar surface area (TPSA) is 46.3 Å². The van der Waals surface area contributed by atoms with Crippen molar-refractivity contribution in [3.8, 4) is 0 Å². The maximum absolute atomic E-state index is 11.4. The van der Waals surface area contributed by atoms with Gasteiger partial charge in [0.15, 0.2) is 5.78 Å². The zero-order chi connectivity index (χ0) is 12.3. The fourth-order valence-electron chi connectivity index (χ4n) is 1.87. The molecule has 0 aromatic heterocycles. The third-order valence-corrected chi connectivity index (χ3v) is 2.71. The van der Waals surface area contributed by atoms with E-state index >= 15 is 0 Å². The number of hydrogen-bond donors (Lipinski definition) is 1. The number of nitrogen functional groups attached to an aromatic ring is 1. The van der Waals surface area contributed by atoms with Crippen LogP contribution in [0, 0.1) is 0 Å². The summed E-state index contributed by atoms with van der Waals surface area (Å²) in [6.45, 7) is 8.82. The number of rotatable bonds is 4. The average molecular weight is 220 g/mol. The quantitative estimate of drug-likeness (QED) is 0.627. The van der Waals surface area contributed by atoms with Gasteiger partial charge in [0.1, 0.15) is 0 Å². The highest BCUT2D eigenvalue weighted by Crippen LogP contribution is 2.23. The van der Waals surface area contributed by atoms with Gasteiger partial charge in [0.2, 0.25) is 0 Å². The molecule has 0 heterocycles. The first-order valence-electron chi connectivity index (χ1n) is 5.64. The van der Waals surface area contributed by atoms with Crippen LogP contribution in [0.1, 0.15) is 38.1 Å². The maximum atomic E-state index is 11.4. The molecule has 0 fully saturated rings. The highest BCUT2D eigenvalue weighted by atomic mass is 16.1. The van der Waals surface area contributed by atoms with Crippen molar-refractivity contribution in [2.75, 3.05) is 17.2 Å². The summed E-state index contributed by atoms with van der Waals surface area (Å²) in [6.07, 6.45) is 0. The van der Waals surface area contributed by atoms with E-state index in [0.29, 0.717) is 17.3 Å². The van der Waals surface area contributed by atoms with Gasteiger partial charge in [-0.3, -0.25) is 4.79 Å². The summed E-state index contributed by atoms with van der Waals surface area (Å²) in [5.74, 6) is 0.0131. The van der Waals surface area contributed by atoms with Crippen LogP contribution in [0.5, 0.6) is 0 Å². The lowest BCUT2D eigenvalue weighted by molar-refractivity contribution is 0.101. The molecular formula is C13H20N2O. The Bertz CT molecular complexity index is 386. The van der Waals surface area contributed by atoms with E-state index in [9.17, 15) is 4.79 Å². The van der Waals surface area contributed by atoms with Gasteiger partial charge in [0.25, 0.3) is 0 Å². The smallest absolute Gasteiger partial charge is 0.161 e. The van der Waals surface area contributed by atoms with E-state index in [2.05, 4.69) is 25.7 Å². The fraction of sp³-hybridized carbons (Fsp3) is 0.462. The van der Waals surface area contributed by atoms with Gasteiger partial charge in [-0.05, 0) is 45.9 Å². The standard InChI is InChI=1S/C13H20N2O/c1-5-15(9(2)3)11-6-7-13(14)12(8-11)10(4)16/h6-9H,5,14H2,1-4H3. The molecule has 16 heavy (non-hydrogen) atoms. The van der Waals surface area contributed by atoms with E-state index < -0.39 is 0 Å². The molecular weight excluding hydrogens is 200 g/mol.